The molecule has 0 amide bonds. The van der Waals surface area contributed by atoms with Crippen LogP contribution in [0.5, 0.6) is 0 Å². The van der Waals surface area contributed by atoms with Crippen molar-refractivity contribution in [3.63, 3.8) is 0 Å². The second kappa shape index (κ2) is 11.9. The zero-order valence-electron chi connectivity index (χ0n) is 17.6. The molecule has 0 spiro atoms. The number of nitrogens with zero attached hydrogens (tertiary/aromatic N) is 4. The van der Waals surface area contributed by atoms with Crippen molar-refractivity contribution in [1.82, 2.24) is 15.1 Å². The Morgan fingerprint density at radius 1 is 1.14 bits per heavy atom. The maximum atomic E-state index is 14.7. The van der Waals surface area contributed by atoms with Gasteiger partial charge in [-0.05, 0) is 44.0 Å². The molecule has 1 aromatic rings. The van der Waals surface area contributed by atoms with Crippen molar-refractivity contribution in [3.05, 3.63) is 29.6 Å². The van der Waals surface area contributed by atoms with E-state index in [-0.39, 0.29) is 35.9 Å². The van der Waals surface area contributed by atoms with Crippen molar-refractivity contribution in [3.8, 4) is 0 Å². The van der Waals surface area contributed by atoms with Gasteiger partial charge in [-0.2, -0.15) is 0 Å². The van der Waals surface area contributed by atoms with Gasteiger partial charge in [-0.25, -0.2) is 9.38 Å². The van der Waals surface area contributed by atoms with E-state index < -0.39 is 0 Å². The van der Waals surface area contributed by atoms with E-state index in [0.717, 1.165) is 76.7 Å². The van der Waals surface area contributed by atoms with Gasteiger partial charge in [0.15, 0.2) is 5.96 Å². The molecule has 2 saturated heterocycles. The van der Waals surface area contributed by atoms with E-state index in [1.807, 2.05) is 19.1 Å². The molecule has 6 nitrogen and oxygen atoms in total. The Kier molecular flexibility index (Phi) is 9.91. The lowest BCUT2D eigenvalue weighted by Crippen LogP contribution is -2.46. The molecule has 0 saturated carbocycles. The van der Waals surface area contributed by atoms with Crippen LogP contribution in [-0.4, -0.2) is 79.3 Å². The van der Waals surface area contributed by atoms with Crippen LogP contribution in [0, 0.1) is 5.82 Å². The van der Waals surface area contributed by atoms with E-state index in [2.05, 4.69) is 26.9 Å². The van der Waals surface area contributed by atoms with Gasteiger partial charge >= 0.3 is 0 Å². The Hall–Kier alpha value is -1.13. The van der Waals surface area contributed by atoms with Gasteiger partial charge in [0.2, 0.25) is 0 Å². The van der Waals surface area contributed by atoms with Gasteiger partial charge < -0.3 is 25.1 Å². The average Bonchev–Trinajstić information content (AvgIpc) is 2.72. The van der Waals surface area contributed by atoms with Crippen molar-refractivity contribution in [2.24, 2.45) is 4.99 Å². The number of benzene rings is 1. The predicted octanol–water partition coefficient (Wildman–Crippen LogP) is 2.51. The van der Waals surface area contributed by atoms with E-state index in [0.29, 0.717) is 12.2 Å². The van der Waals surface area contributed by atoms with Crippen molar-refractivity contribution in [2.45, 2.75) is 39.3 Å². The first-order valence-electron chi connectivity index (χ1n) is 10.6. The molecule has 0 aromatic heterocycles. The molecular formula is C21H35FIN5O. The van der Waals surface area contributed by atoms with E-state index >= 15 is 0 Å². The minimum absolute atomic E-state index is 0. The zero-order valence-corrected chi connectivity index (χ0v) is 19.9. The molecule has 2 N–H and O–H groups in total. The van der Waals surface area contributed by atoms with Gasteiger partial charge in [0, 0.05) is 45.8 Å². The summed E-state index contributed by atoms with van der Waals surface area (Å²) in [5.74, 6) is 0.679. The number of likely N-dealkylation sites (tertiary alicyclic amines) is 1. The number of piperidine rings is 1. The fourth-order valence-electron chi connectivity index (χ4n) is 3.88. The zero-order chi connectivity index (χ0) is 19.9. The number of aliphatic hydroxyl groups is 1. The van der Waals surface area contributed by atoms with E-state index in [1.54, 1.807) is 6.07 Å². The number of piperazine rings is 1. The summed E-state index contributed by atoms with van der Waals surface area (Å²) in [5.41, 5.74) is 1.57. The van der Waals surface area contributed by atoms with Crippen molar-refractivity contribution < 1.29 is 9.50 Å². The third-order valence-corrected chi connectivity index (χ3v) is 5.68. The minimum atomic E-state index is -0.208. The highest BCUT2D eigenvalue weighted by Crippen LogP contribution is 2.22. The van der Waals surface area contributed by atoms with Crippen molar-refractivity contribution in [2.75, 3.05) is 57.3 Å². The molecule has 3 rings (SSSR count). The van der Waals surface area contributed by atoms with Gasteiger partial charge in [0.25, 0.3) is 0 Å². The SMILES string of the molecule is CCNC(=NCc1ccc(N2CCN(CC)CC2)c(F)c1)N1CCC(O)CC1.I. The lowest BCUT2D eigenvalue weighted by molar-refractivity contribution is 0.108. The van der Waals surface area contributed by atoms with Gasteiger partial charge in [-0.15, -0.1) is 24.0 Å². The number of anilines is 1. The summed E-state index contributed by atoms with van der Waals surface area (Å²) in [7, 11) is 0. The van der Waals surface area contributed by atoms with E-state index in [4.69, 9.17) is 4.99 Å². The molecule has 2 fully saturated rings. The number of hydrogen-bond acceptors (Lipinski definition) is 4. The highest BCUT2D eigenvalue weighted by Gasteiger charge is 2.20. The second-order valence-corrected chi connectivity index (χ2v) is 7.60. The van der Waals surface area contributed by atoms with Crippen LogP contribution in [0.3, 0.4) is 0 Å². The van der Waals surface area contributed by atoms with Crippen LogP contribution < -0.4 is 10.2 Å². The number of halogens is 2. The lowest BCUT2D eigenvalue weighted by Gasteiger charge is -2.35. The monoisotopic (exact) mass is 519 g/mol. The van der Waals surface area contributed by atoms with Gasteiger partial charge in [-0.3, -0.25) is 0 Å². The molecule has 0 bridgehead atoms. The Morgan fingerprint density at radius 2 is 1.83 bits per heavy atom. The summed E-state index contributed by atoms with van der Waals surface area (Å²) in [6, 6.07) is 5.50. The number of nitrogens with one attached hydrogen (secondary N) is 1. The predicted molar refractivity (Wildman–Crippen MR) is 128 cm³/mol. The maximum absolute atomic E-state index is 14.7. The maximum Gasteiger partial charge on any atom is 0.194 e. The summed E-state index contributed by atoms with van der Waals surface area (Å²) in [6.45, 7) is 11.8. The standard InChI is InChI=1S/C21H34FN5O.HI/c1-3-23-21(27-9-7-18(28)8-10-27)24-16-17-5-6-20(19(22)15-17)26-13-11-25(4-2)12-14-26;/h5-6,15,18,28H,3-4,7-14,16H2,1-2H3,(H,23,24);1H. The quantitative estimate of drug-likeness (QED) is 0.356. The number of aliphatic imine (C=N–C) groups is 1. The van der Waals surface area contributed by atoms with Gasteiger partial charge in [0.1, 0.15) is 5.82 Å². The highest BCUT2D eigenvalue weighted by molar-refractivity contribution is 14.0. The number of rotatable bonds is 5. The number of likely N-dealkylation sites (N-methyl/N-ethyl adjacent to an activating group) is 1. The lowest BCUT2D eigenvalue weighted by atomic mass is 10.1. The molecule has 1 aromatic carbocycles. The minimum Gasteiger partial charge on any atom is -0.393 e. The normalized spacial score (nSPS) is 19.2. The van der Waals surface area contributed by atoms with Gasteiger partial charge in [-0.1, -0.05) is 13.0 Å². The van der Waals surface area contributed by atoms with Crippen molar-refractivity contribution >= 4 is 35.6 Å². The summed E-state index contributed by atoms with van der Waals surface area (Å²) < 4.78 is 14.7. The molecule has 0 aliphatic carbocycles. The average molecular weight is 519 g/mol. The Labute approximate surface area is 191 Å². The molecule has 0 atom stereocenters. The Morgan fingerprint density at radius 3 is 2.41 bits per heavy atom. The fourth-order valence-corrected chi connectivity index (χ4v) is 3.88. The first kappa shape index (κ1) is 24.1. The van der Waals surface area contributed by atoms with Crippen LogP contribution >= 0.6 is 24.0 Å². The van der Waals surface area contributed by atoms with Crippen LogP contribution in [0.1, 0.15) is 32.3 Å². The van der Waals surface area contributed by atoms with Crippen LogP contribution in [0.15, 0.2) is 23.2 Å². The molecule has 2 aliphatic heterocycles. The fraction of sp³-hybridized carbons (Fsp3) is 0.667. The third kappa shape index (κ3) is 6.68. The first-order valence-corrected chi connectivity index (χ1v) is 10.6. The first-order chi connectivity index (χ1) is 13.6. The van der Waals surface area contributed by atoms with Gasteiger partial charge in [0.05, 0.1) is 18.3 Å². The molecule has 29 heavy (non-hydrogen) atoms. The summed E-state index contributed by atoms with van der Waals surface area (Å²) >= 11 is 0. The van der Waals surface area contributed by atoms with Crippen LogP contribution in [-0.2, 0) is 6.54 Å². The summed E-state index contributed by atoms with van der Waals surface area (Å²) in [5, 5.41) is 13.0. The highest BCUT2D eigenvalue weighted by atomic mass is 127. The number of hydrogen-bond donors (Lipinski definition) is 2. The Balaban J connectivity index is 0.00000300. The largest absolute Gasteiger partial charge is 0.393 e. The smallest absolute Gasteiger partial charge is 0.194 e. The molecule has 164 valence electrons. The Bertz CT molecular complexity index is 658. The molecule has 2 aliphatic rings. The molecule has 8 heteroatoms. The number of aliphatic hydroxyl groups excluding tert-OH is 1. The number of guanidine groups is 1. The molecule has 0 unspecified atom stereocenters. The topological polar surface area (TPSA) is 54.3 Å². The van der Waals surface area contributed by atoms with E-state index in [9.17, 15) is 9.50 Å². The van der Waals surface area contributed by atoms with E-state index in [1.165, 1.54) is 0 Å². The van der Waals surface area contributed by atoms with Crippen LogP contribution in [0.2, 0.25) is 0 Å². The molecular weight excluding hydrogens is 484 g/mol. The van der Waals surface area contributed by atoms with Crippen LogP contribution in [0.4, 0.5) is 10.1 Å². The summed E-state index contributed by atoms with van der Waals surface area (Å²) in [6.07, 6.45) is 1.32. The van der Waals surface area contributed by atoms with Crippen LogP contribution in [0.25, 0.3) is 0 Å². The summed E-state index contributed by atoms with van der Waals surface area (Å²) in [4.78, 5) is 11.4. The second-order valence-electron chi connectivity index (χ2n) is 7.60. The molecule has 0 radical (unpaired) electrons. The third-order valence-electron chi connectivity index (χ3n) is 5.68. The molecule has 2 heterocycles. The van der Waals surface area contributed by atoms with Crippen molar-refractivity contribution in [1.29, 1.82) is 0 Å².